The summed E-state index contributed by atoms with van der Waals surface area (Å²) in [4.78, 5) is 26.6. The van der Waals surface area contributed by atoms with E-state index in [0.717, 1.165) is 32.4 Å². The quantitative estimate of drug-likeness (QED) is 0.741. The Morgan fingerprint density at radius 1 is 1.40 bits per heavy atom. The lowest BCUT2D eigenvalue weighted by Gasteiger charge is -2.40. The molecule has 2 fully saturated rings. The van der Waals surface area contributed by atoms with Gasteiger partial charge in [-0.2, -0.15) is 0 Å². The molecular weight excluding hydrogens is 254 g/mol. The number of nitrogens with zero attached hydrogens (tertiary/aromatic N) is 1. The van der Waals surface area contributed by atoms with Gasteiger partial charge in [0.2, 0.25) is 0 Å². The molecule has 0 amide bonds. The summed E-state index contributed by atoms with van der Waals surface area (Å²) in [7, 11) is 0. The summed E-state index contributed by atoms with van der Waals surface area (Å²) in [6.45, 7) is 8.59. The van der Waals surface area contributed by atoms with E-state index in [1.807, 2.05) is 0 Å². The van der Waals surface area contributed by atoms with Crippen molar-refractivity contribution in [1.82, 2.24) is 4.90 Å². The zero-order chi connectivity index (χ0) is 14.8. The van der Waals surface area contributed by atoms with Crippen molar-refractivity contribution in [3.8, 4) is 0 Å². The number of rotatable bonds is 4. The summed E-state index contributed by atoms with van der Waals surface area (Å²) in [5.41, 5.74) is 0.0216. The maximum Gasteiger partial charge on any atom is 0.145 e. The fourth-order valence-electron chi connectivity index (χ4n) is 3.07. The molecule has 4 heteroatoms. The Hall–Kier alpha value is -0.740. The summed E-state index contributed by atoms with van der Waals surface area (Å²) >= 11 is 0. The molecule has 0 radical (unpaired) electrons. The Bertz CT molecular complexity index is 366. The molecule has 2 aliphatic rings. The first-order valence-electron chi connectivity index (χ1n) is 7.80. The molecule has 2 rings (SSSR count). The van der Waals surface area contributed by atoms with Crippen molar-refractivity contribution >= 4 is 11.6 Å². The summed E-state index contributed by atoms with van der Waals surface area (Å²) in [6, 6.07) is 0. The molecule has 2 unspecified atom stereocenters. The van der Waals surface area contributed by atoms with Crippen molar-refractivity contribution < 1.29 is 14.3 Å². The SMILES string of the molecule is CC(C)(C)N1CCC(=O)C(C(=O)CCC2CCCO2)C1. The van der Waals surface area contributed by atoms with Crippen LogP contribution in [0.5, 0.6) is 0 Å². The molecule has 0 spiro atoms. The first-order chi connectivity index (χ1) is 9.38. The van der Waals surface area contributed by atoms with Crippen LogP contribution in [0.15, 0.2) is 0 Å². The van der Waals surface area contributed by atoms with Gasteiger partial charge in [0.15, 0.2) is 0 Å². The molecule has 20 heavy (non-hydrogen) atoms. The lowest BCUT2D eigenvalue weighted by atomic mass is 9.87. The highest BCUT2D eigenvalue weighted by Gasteiger charge is 2.36. The summed E-state index contributed by atoms with van der Waals surface area (Å²) in [5, 5.41) is 0. The van der Waals surface area contributed by atoms with Crippen LogP contribution in [0.1, 0.15) is 52.9 Å². The van der Waals surface area contributed by atoms with Gasteiger partial charge in [-0.05, 0) is 40.0 Å². The minimum Gasteiger partial charge on any atom is -0.378 e. The number of carbonyl (C=O) groups is 2. The summed E-state index contributed by atoms with van der Waals surface area (Å²) < 4.78 is 5.55. The van der Waals surface area contributed by atoms with Gasteiger partial charge in [0, 0.05) is 38.1 Å². The maximum atomic E-state index is 12.3. The number of carbonyl (C=O) groups excluding carboxylic acids is 2. The van der Waals surface area contributed by atoms with Gasteiger partial charge in [-0.25, -0.2) is 0 Å². The molecule has 0 bridgehead atoms. The molecule has 2 atom stereocenters. The van der Waals surface area contributed by atoms with Crippen LogP contribution in [0.25, 0.3) is 0 Å². The zero-order valence-corrected chi connectivity index (χ0v) is 13.0. The number of piperidine rings is 1. The van der Waals surface area contributed by atoms with Crippen LogP contribution in [0.4, 0.5) is 0 Å². The van der Waals surface area contributed by atoms with Crippen LogP contribution in [0.3, 0.4) is 0 Å². The lowest BCUT2D eigenvalue weighted by Crippen LogP contribution is -2.52. The minimum absolute atomic E-state index is 0.0216. The third-order valence-corrected chi connectivity index (χ3v) is 4.49. The van der Waals surface area contributed by atoms with E-state index >= 15 is 0 Å². The highest BCUT2D eigenvalue weighted by Crippen LogP contribution is 2.24. The van der Waals surface area contributed by atoms with Crippen LogP contribution in [-0.4, -0.2) is 47.8 Å². The van der Waals surface area contributed by atoms with E-state index in [0.29, 0.717) is 19.4 Å². The smallest absolute Gasteiger partial charge is 0.145 e. The Morgan fingerprint density at radius 2 is 2.15 bits per heavy atom. The second-order valence-electron chi connectivity index (χ2n) is 7.03. The minimum atomic E-state index is -0.413. The molecule has 0 aromatic carbocycles. The van der Waals surface area contributed by atoms with E-state index in [4.69, 9.17) is 4.74 Å². The Labute approximate surface area is 121 Å². The van der Waals surface area contributed by atoms with E-state index < -0.39 is 5.92 Å². The van der Waals surface area contributed by atoms with Gasteiger partial charge in [0.1, 0.15) is 11.6 Å². The van der Waals surface area contributed by atoms with Crippen molar-refractivity contribution in [2.45, 2.75) is 64.5 Å². The topological polar surface area (TPSA) is 46.6 Å². The molecule has 2 saturated heterocycles. The second kappa shape index (κ2) is 6.35. The van der Waals surface area contributed by atoms with Crippen LogP contribution >= 0.6 is 0 Å². The predicted octanol–water partition coefficient (Wildman–Crippen LogP) is 2.20. The lowest BCUT2D eigenvalue weighted by molar-refractivity contribution is -0.137. The molecule has 2 heterocycles. The molecule has 0 aromatic rings. The van der Waals surface area contributed by atoms with E-state index in [1.54, 1.807) is 0 Å². The Morgan fingerprint density at radius 3 is 2.75 bits per heavy atom. The standard InChI is InChI=1S/C16H27NO3/c1-16(2,3)17-9-8-15(19)13(11-17)14(18)7-6-12-5-4-10-20-12/h12-13H,4-11H2,1-3H3. The predicted molar refractivity (Wildman–Crippen MR) is 77.7 cm³/mol. The van der Waals surface area contributed by atoms with Crippen LogP contribution in [0.2, 0.25) is 0 Å². The van der Waals surface area contributed by atoms with Crippen LogP contribution in [-0.2, 0) is 14.3 Å². The average molecular weight is 281 g/mol. The third-order valence-electron chi connectivity index (χ3n) is 4.49. The second-order valence-corrected chi connectivity index (χ2v) is 7.03. The molecule has 0 N–H and O–H groups in total. The normalized spacial score (nSPS) is 28.9. The van der Waals surface area contributed by atoms with Gasteiger partial charge in [0.05, 0.1) is 12.0 Å². The number of hydrogen-bond acceptors (Lipinski definition) is 4. The van der Waals surface area contributed by atoms with E-state index in [-0.39, 0.29) is 23.2 Å². The molecular formula is C16H27NO3. The van der Waals surface area contributed by atoms with Crippen molar-refractivity contribution in [2.24, 2.45) is 5.92 Å². The number of likely N-dealkylation sites (tertiary alicyclic amines) is 1. The number of Topliss-reactive ketones (excluding diaryl/α,β-unsaturated/α-hetero) is 2. The molecule has 4 nitrogen and oxygen atoms in total. The van der Waals surface area contributed by atoms with E-state index in [9.17, 15) is 9.59 Å². The van der Waals surface area contributed by atoms with Gasteiger partial charge >= 0.3 is 0 Å². The van der Waals surface area contributed by atoms with Gasteiger partial charge in [0.25, 0.3) is 0 Å². The first kappa shape index (κ1) is 15.6. The molecule has 0 saturated carbocycles. The average Bonchev–Trinajstić information content (AvgIpc) is 2.88. The van der Waals surface area contributed by atoms with E-state index in [1.165, 1.54) is 0 Å². The molecule has 0 aromatic heterocycles. The number of hydrogen-bond donors (Lipinski definition) is 0. The third kappa shape index (κ3) is 3.89. The summed E-state index contributed by atoms with van der Waals surface area (Å²) in [6.07, 6.45) is 4.15. The Kier molecular flexibility index (Phi) is 4.97. The van der Waals surface area contributed by atoms with Gasteiger partial charge in [-0.15, -0.1) is 0 Å². The Balaban J connectivity index is 1.87. The van der Waals surface area contributed by atoms with Gasteiger partial charge in [-0.3, -0.25) is 14.5 Å². The van der Waals surface area contributed by atoms with Crippen molar-refractivity contribution in [1.29, 1.82) is 0 Å². The zero-order valence-electron chi connectivity index (χ0n) is 13.0. The van der Waals surface area contributed by atoms with E-state index in [2.05, 4.69) is 25.7 Å². The van der Waals surface area contributed by atoms with Gasteiger partial charge < -0.3 is 4.74 Å². The largest absolute Gasteiger partial charge is 0.378 e. The van der Waals surface area contributed by atoms with Gasteiger partial charge in [-0.1, -0.05) is 0 Å². The van der Waals surface area contributed by atoms with Crippen LogP contribution in [0, 0.1) is 5.92 Å². The van der Waals surface area contributed by atoms with Crippen molar-refractivity contribution in [3.63, 3.8) is 0 Å². The molecule has 0 aliphatic carbocycles. The fourth-order valence-corrected chi connectivity index (χ4v) is 3.07. The highest BCUT2D eigenvalue weighted by molar-refractivity contribution is 6.03. The fraction of sp³-hybridized carbons (Fsp3) is 0.875. The summed E-state index contributed by atoms with van der Waals surface area (Å²) in [5.74, 6) is -0.174. The molecule has 2 aliphatic heterocycles. The highest BCUT2D eigenvalue weighted by atomic mass is 16.5. The van der Waals surface area contributed by atoms with Crippen molar-refractivity contribution in [3.05, 3.63) is 0 Å². The molecule has 114 valence electrons. The van der Waals surface area contributed by atoms with Crippen molar-refractivity contribution in [2.75, 3.05) is 19.7 Å². The first-order valence-corrected chi connectivity index (χ1v) is 7.80. The maximum absolute atomic E-state index is 12.3. The number of ketones is 2. The number of ether oxygens (including phenoxy) is 1. The van der Waals surface area contributed by atoms with Crippen LogP contribution < -0.4 is 0 Å². The monoisotopic (exact) mass is 281 g/mol.